The molecule has 2 aromatic heterocycles. The van der Waals surface area contributed by atoms with Crippen molar-refractivity contribution in [2.75, 3.05) is 32.5 Å². The molecule has 1 saturated heterocycles. The van der Waals surface area contributed by atoms with Gasteiger partial charge in [0.25, 0.3) is 5.91 Å². The number of hydrogen-bond donors (Lipinski definition) is 1. The fourth-order valence-electron chi connectivity index (χ4n) is 6.29. The highest BCUT2D eigenvalue weighted by atomic mass is 16.2. The molecule has 198 valence electrons. The van der Waals surface area contributed by atoms with Gasteiger partial charge in [0.15, 0.2) is 0 Å². The Labute approximate surface area is 224 Å². The molecule has 1 aromatic carbocycles. The van der Waals surface area contributed by atoms with Gasteiger partial charge in [-0.2, -0.15) is 5.26 Å². The van der Waals surface area contributed by atoms with Gasteiger partial charge in [0.05, 0.1) is 17.0 Å². The average molecular weight is 513 g/mol. The summed E-state index contributed by atoms with van der Waals surface area (Å²) < 4.78 is 1.92. The van der Waals surface area contributed by atoms with E-state index in [0.717, 1.165) is 30.8 Å². The average Bonchev–Trinajstić information content (AvgIpc) is 3.34. The van der Waals surface area contributed by atoms with Crippen molar-refractivity contribution >= 4 is 23.1 Å². The van der Waals surface area contributed by atoms with Crippen molar-refractivity contribution < 1.29 is 9.59 Å². The summed E-state index contributed by atoms with van der Waals surface area (Å²) in [5.74, 6) is 0.705. The minimum Gasteiger partial charge on any atom is -0.348 e. The quantitative estimate of drug-likeness (QED) is 0.504. The predicted octanol–water partition coefficient (Wildman–Crippen LogP) is 4.47. The largest absolute Gasteiger partial charge is 0.348 e. The Morgan fingerprint density at radius 1 is 1.26 bits per heavy atom. The molecule has 2 aliphatic rings. The standard InChI is InChI=1S/C30H36N6O2/c1-21-6-5-12-35(18-21)19-23-14-26(27-32-11-13-36(27)20-23)28(37)33-25-8-4-7-24(15-25)30(29(38)34(2)3)16-22(17-30)9-10-31/h4,7-8,11,13-15,20-22H,5-6,9,12,16-19H2,1-3H3,(H,33,37)/t21-,22?,30?/m0/s1. The fraction of sp³-hybridized carbons (Fsp3) is 0.467. The van der Waals surface area contributed by atoms with Gasteiger partial charge in [0.1, 0.15) is 5.65 Å². The van der Waals surface area contributed by atoms with Crippen molar-refractivity contribution in [3.8, 4) is 6.07 Å². The molecule has 0 radical (unpaired) electrons. The molecule has 1 aliphatic carbocycles. The number of nitrogens with zero attached hydrogens (tertiary/aromatic N) is 5. The molecule has 0 unspecified atom stereocenters. The molecule has 3 aromatic rings. The Balaban J connectivity index is 1.39. The van der Waals surface area contributed by atoms with Gasteiger partial charge in [0.2, 0.25) is 5.91 Å². The summed E-state index contributed by atoms with van der Waals surface area (Å²) in [6.45, 7) is 5.23. The molecule has 5 rings (SSSR count). The number of nitriles is 1. The van der Waals surface area contributed by atoms with Crippen LogP contribution >= 0.6 is 0 Å². The number of hydrogen-bond acceptors (Lipinski definition) is 5. The predicted molar refractivity (Wildman–Crippen MR) is 147 cm³/mol. The van der Waals surface area contributed by atoms with Gasteiger partial charge in [0, 0.05) is 57.9 Å². The summed E-state index contributed by atoms with van der Waals surface area (Å²) in [6.07, 6.45) is 9.85. The van der Waals surface area contributed by atoms with Gasteiger partial charge in [-0.25, -0.2) is 4.98 Å². The number of carbonyl (C=O) groups excluding carboxylic acids is 2. The number of benzene rings is 1. The van der Waals surface area contributed by atoms with E-state index in [1.807, 2.05) is 40.9 Å². The highest BCUT2D eigenvalue weighted by molar-refractivity contribution is 6.08. The van der Waals surface area contributed by atoms with Crippen LogP contribution in [0.25, 0.3) is 5.65 Å². The van der Waals surface area contributed by atoms with Crippen LogP contribution in [-0.4, -0.2) is 58.2 Å². The van der Waals surface area contributed by atoms with Crippen molar-refractivity contribution in [1.82, 2.24) is 19.2 Å². The van der Waals surface area contributed by atoms with Gasteiger partial charge in [-0.05, 0) is 73.4 Å². The van der Waals surface area contributed by atoms with E-state index < -0.39 is 5.41 Å². The molecule has 3 heterocycles. The number of carbonyl (C=O) groups is 2. The molecule has 0 spiro atoms. The number of nitrogens with one attached hydrogen (secondary N) is 1. The molecule has 1 N–H and O–H groups in total. The zero-order valence-electron chi connectivity index (χ0n) is 22.5. The number of likely N-dealkylation sites (tertiary alicyclic amines) is 1. The summed E-state index contributed by atoms with van der Waals surface area (Å²) >= 11 is 0. The number of piperidine rings is 1. The molecule has 1 atom stereocenters. The molecule has 2 fully saturated rings. The Kier molecular flexibility index (Phi) is 7.22. The van der Waals surface area contributed by atoms with E-state index >= 15 is 0 Å². The first-order valence-corrected chi connectivity index (χ1v) is 13.5. The lowest BCUT2D eigenvalue weighted by atomic mass is 9.57. The van der Waals surface area contributed by atoms with Crippen molar-refractivity contribution in [2.45, 2.75) is 51.0 Å². The SMILES string of the molecule is C[C@H]1CCCN(Cc2cc(C(=O)Nc3cccc(C4(C(=O)N(C)C)CC(CC#N)C4)c3)c3nccn3c2)C1. The van der Waals surface area contributed by atoms with Crippen LogP contribution < -0.4 is 5.32 Å². The zero-order chi connectivity index (χ0) is 26.9. The van der Waals surface area contributed by atoms with Crippen LogP contribution in [0.2, 0.25) is 0 Å². The van der Waals surface area contributed by atoms with E-state index in [2.05, 4.69) is 34.4 Å². The zero-order valence-corrected chi connectivity index (χ0v) is 22.5. The smallest absolute Gasteiger partial charge is 0.259 e. The maximum absolute atomic E-state index is 13.6. The molecule has 38 heavy (non-hydrogen) atoms. The molecule has 1 aliphatic heterocycles. The van der Waals surface area contributed by atoms with Gasteiger partial charge in [-0.15, -0.1) is 0 Å². The summed E-state index contributed by atoms with van der Waals surface area (Å²) in [5.41, 5.74) is 3.08. The van der Waals surface area contributed by atoms with Crippen LogP contribution in [0.15, 0.2) is 48.9 Å². The van der Waals surface area contributed by atoms with Gasteiger partial charge in [-0.1, -0.05) is 19.1 Å². The number of likely N-dealkylation sites (N-methyl/N-ethyl adjacent to an activating group) is 1. The normalized spacial score (nSPS) is 23.4. The van der Waals surface area contributed by atoms with E-state index in [-0.39, 0.29) is 17.7 Å². The lowest BCUT2D eigenvalue weighted by Crippen LogP contribution is -2.52. The first kappa shape index (κ1) is 25.9. The second-order valence-corrected chi connectivity index (χ2v) is 11.4. The van der Waals surface area contributed by atoms with Crippen molar-refractivity contribution in [3.63, 3.8) is 0 Å². The number of fused-ring (bicyclic) bond motifs is 1. The summed E-state index contributed by atoms with van der Waals surface area (Å²) in [6, 6.07) is 11.8. The summed E-state index contributed by atoms with van der Waals surface area (Å²) in [5, 5.41) is 12.2. The highest BCUT2D eigenvalue weighted by Crippen LogP contribution is 2.50. The van der Waals surface area contributed by atoms with Gasteiger partial charge in [-0.3, -0.25) is 14.5 Å². The summed E-state index contributed by atoms with van der Waals surface area (Å²) in [4.78, 5) is 35.3. The van der Waals surface area contributed by atoms with Crippen LogP contribution in [0.1, 0.15) is 60.5 Å². The number of imidazole rings is 1. The first-order chi connectivity index (χ1) is 18.3. The second kappa shape index (κ2) is 10.6. The van der Waals surface area contributed by atoms with E-state index in [1.165, 1.54) is 12.8 Å². The molecule has 8 heteroatoms. The van der Waals surface area contributed by atoms with Crippen molar-refractivity contribution in [1.29, 1.82) is 5.26 Å². The monoisotopic (exact) mass is 512 g/mol. The molecule has 1 saturated carbocycles. The third-order valence-corrected chi connectivity index (χ3v) is 8.08. The third-order valence-electron chi connectivity index (χ3n) is 8.08. The lowest BCUT2D eigenvalue weighted by molar-refractivity contribution is -0.140. The Bertz CT molecular complexity index is 1380. The van der Waals surface area contributed by atoms with Crippen LogP contribution in [0, 0.1) is 23.2 Å². The minimum atomic E-state index is -0.659. The van der Waals surface area contributed by atoms with Crippen molar-refractivity contribution in [2.24, 2.45) is 11.8 Å². The maximum Gasteiger partial charge on any atom is 0.259 e. The van der Waals surface area contributed by atoms with E-state index in [9.17, 15) is 9.59 Å². The molecule has 2 amide bonds. The number of anilines is 1. The maximum atomic E-state index is 13.6. The molecular formula is C30H36N6O2. The fourth-order valence-corrected chi connectivity index (χ4v) is 6.29. The number of rotatable bonds is 7. The van der Waals surface area contributed by atoms with Gasteiger partial charge >= 0.3 is 0 Å². The van der Waals surface area contributed by atoms with Crippen LogP contribution in [0.4, 0.5) is 5.69 Å². The number of amides is 2. The molecule has 8 nitrogen and oxygen atoms in total. The van der Waals surface area contributed by atoms with Gasteiger partial charge < -0.3 is 14.6 Å². The first-order valence-electron chi connectivity index (χ1n) is 13.5. The third kappa shape index (κ3) is 5.03. The molecular weight excluding hydrogens is 476 g/mol. The van der Waals surface area contributed by atoms with Crippen LogP contribution in [-0.2, 0) is 16.8 Å². The van der Waals surface area contributed by atoms with E-state index in [1.54, 1.807) is 25.2 Å². The summed E-state index contributed by atoms with van der Waals surface area (Å²) in [7, 11) is 3.53. The van der Waals surface area contributed by atoms with E-state index in [0.29, 0.717) is 42.1 Å². The Hall–Kier alpha value is -3.70. The second-order valence-electron chi connectivity index (χ2n) is 11.4. The number of pyridine rings is 1. The Morgan fingerprint density at radius 2 is 2.08 bits per heavy atom. The van der Waals surface area contributed by atoms with Crippen LogP contribution in [0.5, 0.6) is 0 Å². The molecule has 0 bridgehead atoms. The number of aromatic nitrogens is 2. The highest BCUT2D eigenvalue weighted by Gasteiger charge is 2.51. The van der Waals surface area contributed by atoms with E-state index in [4.69, 9.17) is 5.26 Å². The van der Waals surface area contributed by atoms with Crippen LogP contribution in [0.3, 0.4) is 0 Å². The van der Waals surface area contributed by atoms with Crippen molar-refractivity contribution in [3.05, 3.63) is 65.6 Å². The lowest BCUT2D eigenvalue weighted by Gasteiger charge is -2.47. The Morgan fingerprint density at radius 3 is 2.82 bits per heavy atom. The minimum absolute atomic E-state index is 0.0361. The topological polar surface area (TPSA) is 93.7 Å².